The minimum absolute atomic E-state index is 0.00110. The lowest BCUT2D eigenvalue weighted by molar-refractivity contribution is -0.101. The fourth-order valence-electron chi connectivity index (χ4n) is 2.37. The Hall–Kier alpha value is -1.46. The predicted molar refractivity (Wildman–Crippen MR) is 72.5 cm³/mol. The third-order valence-corrected chi connectivity index (χ3v) is 3.16. The first-order valence-electron chi connectivity index (χ1n) is 6.42. The third kappa shape index (κ3) is 3.30. The number of aromatic nitrogens is 1. The van der Waals surface area contributed by atoms with E-state index in [0.717, 1.165) is 12.2 Å². The molecular formula is C14H20N2O3. The first kappa shape index (κ1) is 14.0. The molecule has 1 aromatic rings. The van der Waals surface area contributed by atoms with Crippen molar-refractivity contribution in [3.05, 3.63) is 24.0 Å². The van der Waals surface area contributed by atoms with Gasteiger partial charge in [0.1, 0.15) is 5.69 Å². The van der Waals surface area contributed by atoms with Gasteiger partial charge in [0.05, 0.1) is 30.2 Å². The van der Waals surface area contributed by atoms with Gasteiger partial charge in [-0.3, -0.25) is 9.78 Å². The average Bonchev–Trinajstić information content (AvgIpc) is 2.37. The number of hydrogen-bond donors (Lipinski definition) is 1. The fourth-order valence-corrected chi connectivity index (χ4v) is 2.37. The molecule has 0 saturated carbocycles. The van der Waals surface area contributed by atoms with E-state index in [1.54, 1.807) is 12.3 Å². The van der Waals surface area contributed by atoms with Crippen LogP contribution < -0.4 is 4.90 Å². The number of rotatable bonds is 3. The van der Waals surface area contributed by atoms with Crippen LogP contribution in [-0.4, -0.2) is 47.3 Å². The van der Waals surface area contributed by atoms with Crippen LogP contribution in [0.3, 0.4) is 0 Å². The zero-order valence-electron chi connectivity index (χ0n) is 11.6. The number of hydrogen-bond acceptors (Lipinski definition) is 5. The lowest BCUT2D eigenvalue weighted by Gasteiger charge is -2.43. The Morgan fingerprint density at radius 1 is 1.58 bits per heavy atom. The molecule has 1 N–H and O–H groups in total. The van der Waals surface area contributed by atoms with Crippen LogP contribution in [0.25, 0.3) is 0 Å². The number of aliphatic hydroxyl groups excluding tert-OH is 1. The predicted octanol–water partition coefficient (Wildman–Crippen LogP) is 1.26. The molecule has 0 amide bonds. The number of ketones is 1. The number of carbonyl (C=O) groups excluding carboxylic acids is 1. The summed E-state index contributed by atoms with van der Waals surface area (Å²) in [6, 6.07) is 3.62. The molecule has 19 heavy (non-hydrogen) atoms. The van der Waals surface area contributed by atoms with Gasteiger partial charge in [0, 0.05) is 20.0 Å². The van der Waals surface area contributed by atoms with Crippen LogP contribution in [0.15, 0.2) is 18.3 Å². The highest BCUT2D eigenvalue weighted by atomic mass is 16.5. The SMILES string of the molecule is CC(=O)c1ccc(N2CC(CO)OC(C)(C)C2)cn1. The van der Waals surface area contributed by atoms with Crippen molar-refractivity contribution in [1.82, 2.24) is 4.98 Å². The Kier molecular flexibility index (Phi) is 3.87. The molecule has 5 heteroatoms. The van der Waals surface area contributed by atoms with E-state index in [1.165, 1.54) is 6.92 Å². The van der Waals surface area contributed by atoms with Crippen LogP contribution in [0.4, 0.5) is 5.69 Å². The highest BCUT2D eigenvalue weighted by Gasteiger charge is 2.33. The molecule has 1 atom stereocenters. The van der Waals surface area contributed by atoms with Crippen LogP contribution in [-0.2, 0) is 4.74 Å². The number of pyridine rings is 1. The minimum atomic E-state index is -0.315. The molecule has 1 aliphatic heterocycles. The number of Topliss-reactive ketones (excluding diaryl/α,β-unsaturated/α-hetero) is 1. The van der Waals surface area contributed by atoms with Crippen LogP contribution in [0.2, 0.25) is 0 Å². The minimum Gasteiger partial charge on any atom is -0.394 e. The molecule has 1 aromatic heterocycles. The number of anilines is 1. The van der Waals surface area contributed by atoms with Gasteiger partial charge in [-0.2, -0.15) is 0 Å². The van der Waals surface area contributed by atoms with Crippen LogP contribution >= 0.6 is 0 Å². The largest absolute Gasteiger partial charge is 0.394 e. The molecule has 5 nitrogen and oxygen atoms in total. The van der Waals surface area contributed by atoms with E-state index in [2.05, 4.69) is 9.88 Å². The van der Waals surface area contributed by atoms with Crippen molar-refractivity contribution in [3.8, 4) is 0 Å². The quantitative estimate of drug-likeness (QED) is 0.833. The zero-order chi connectivity index (χ0) is 14.0. The van der Waals surface area contributed by atoms with Gasteiger partial charge in [-0.1, -0.05) is 0 Å². The molecule has 1 saturated heterocycles. The maximum absolute atomic E-state index is 11.2. The van der Waals surface area contributed by atoms with E-state index in [4.69, 9.17) is 4.74 Å². The van der Waals surface area contributed by atoms with Crippen molar-refractivity contribution < 1.29 is 14.6 Å². The monoisotopic (exact) mass is 264 g/mol. The second-order valence-electron chi connectivity index (χ2n) is 5.52. The summed E-state index contributed by atoms with van der Waals surface area (Å²) < 4.78 is 5.77. The third-order valence-electron chi connectivity index (χ3n) is 3.16. The molecule has 1 unspecified atom stereocenters. The van der Waals surface area contributed by atoms with E-state index in [-0.39, 0.29) is 24.1 Å². The molecule has 0 radical (unpaired) electrons. The van der Waals surface area contributed by atoms with Gasteiger partial charge in [0.2, 0.25) is 0 Å². The lowest BCUT2D eigenvalue weighted by atomic mass is 10.0. The van der Waals surface area contributed by atoms with Crippen LogP contribution in [0, 0.1) is 0 Å². The molecule has 0 aliphatic carbocycles. The molecule has 0 aromatic carbocycles. The van der Waals surface area contributed by atoms with Crippen molar-refractivity contribution in [3.63, 3.8) is 0 Å². The van der Waals surface area contributed by atoms with E-state index in [9.17, 15) is 9.90 Å². The summed E-state index contributed by atoms with van der Waals surface area (Å²) in [6.07, 6.45) is 1.50. The summed E-state index contributed by atoms with van der Waals surface area (Å²) in [5.41, 5.74) is 1.10. The Labute approximate surface area is 113 Å². The Morgan fingerprint density at radius 2 is 2.32 bits per heavy atom. The molecule has 0 bridgehead atoms. The number of morpholine rings is 1. The smallest absolute Gasteiger partial charge is 0.178 e. The molecule has 104 valence electrons. The van der Waals surface area contributed by atoms with Gasteiger partial charge in [-0.05, 0) is 26.0 Å². The van der Waals surface area contributed by atoms with Crippen molar-refractivity contribution in [2.45, 2.75) is 32.5 Å². The van der Waals surface area contributed by atoms with Crippen molar-refractivity contribution in [2.75, 3.05) is 24.6 Å². The van der Waals surface area contributed by atoms with Crippen molar-refractivity contribution in [1.29, 1.82) is 0 Å². The summed E-state index contributed by atoms with van der Waals surface area (Å²) >= 11 is 0. The fraction of sp³-hybridized carbons (Fsp3) is 0.571. The number of carbonyl (C=O) groups is 1. The van der Waals surface area contributed by atoms with E-state index >= 15 is 0 Å². The van der Waals surface area contributed by atoms with Gasteiger partial charge in [-0.15, -0.1) is 0 Å². The van der Waals surface area contributed by atoms with Gasteiger partial charge in [0.15, 0.2) is 5.78 Å². The lowest BCUT2D eigenvalue weighted by Crippen LogP contribution is -2.54. The molecule has 1 aliphatic rings. The Bertz CT molecular complexity index is 456. The molecule has 1 fully saturated rings. The van der Waals surface area contributed by atoms with Crippen molar-refractivity contribution >= 4 is 11.5 Å². The topological polar surface area (TPSA) is 62.7 Å². The standard InChI is InChI=1S/C14H20N2O3/c1-10(18)13-5-4-11(6-15-13)16-7-12(8-17)19-14(2,3)9-16/h4-6,12,17H,7-9H2,1-3H3. The Morgan fingerprint density at radius 3 is 2.84 bits per heavy atom. The maximum atomic E-state index is 11.2. The first-order chi connectivity index (χ1) is 8.91. The number of nitrogens with zero attached hydrogens (tertiary/aromatic N) is 2. The van der Waals surface area contributed by atoms with Gasteiger partial charge in [-0.25, -0.2) is 0 Å². The summed E-state index contributed by atoms with van der Waals surface area (Å²) in [6.45, 7) is 6.85. The summed E-state index contributed by atoms with van der Waals surface area (Å²) in [5.74, 6) is -0.0397. The molecule has 2 heterocycles. The second kappa shape index (κ2) is 5.27. The van der Waals surface area contributed by atoms with Crippen LogP contribution in [0.5, 0.6) is 0 Å². The molecule has 0 spiro atoms. The summed E-state index contributed by atoms with van der Waals surface area (Å²) in [5, 5.41) is 9.29. The maximum Gasteiger partial charge on any atom is 0.178 e. The Balaban J connectivity index is 2.18. The van der Waals surface area contributed by atoms with Gasteiger partial charge in [0.25, 0.3) is 0 Å². The summed E-state index contributed by atoms with van der Waals surface area (Å²) in [7, 11) is 0. The zero-order valence-corrected chi connectivity index (χ0v) is 11.6. The number of aliphatic hydroxyl groups is 1. The summed E-state index contributed by atoms with van der Waals surface area (Å²) in [4.78, 5) is 17.5. The normalized spacial score (nSPS) is 22.3. The highest BCUT2D eigenvalue weighted by molar-refractivity contribution is 5.92. The molecular weight excluding hydrogens is 244 g/mol. The molecule has 2 rings (SSSR count). The number of ether oxygens (including phenoxy) is 1. The second-order valence-corrected chi connectivity index (χ2v) is 5.52. The van der Waals surface area contributed by atoms with E-state index < -0.39 is 0 Å². The van der Waals surface area contributed by atoms with E-state index in [1.807, 2.05) is 19.9 Å². The van der Waals surface area contributed by atoms with Gasteiger partial charge >= 0.3 is 0 Å². The highest BCUT2D eigenvalue weighted by Crippen LogP contribution is 2.25. The average molecular weight is 264 g/mol. The van der Waals surface area contributed by atoms with Crippen molar-refractivity contribution in [2.24, 2.45) is 0 Å². The van der Waals surface area contributed by atoms with E-state index in [0.29, 0.717) is 12.2 Å². The first-order valence-corrected chi connectivity index (χ1v) is 6.42. The van der Waals surface area contributed by atoms with Gasteiger partial charge < -0.3 is 14.7 Å². The van der Waals surface area contributed by atoms with Crippen LogP contribution in [0.1, 0.15) is 31.3 Å².